The Morgan fingerprint density at radius 2 is 0.684 bits per heavy atom. The third-order valence-corrected chi connectivity index (χ3v) is 11.1. The number of benzene rings is 9. The Morgan fingerprint density at radius 3 is 1.28 bits per heavy atom. The summed E-state index contributed by atoms with van der Waals surface area (Å²) in [4.78, 5) is 15.6. The molecule has 0 saturated carbocycles. The zero-order chi connectivity index (χ0) is 37.7. The highest BCUT2D eigenvalue weighted by atomic mass is 15.0. The second-order valence-corrected chi connectivity index (χ2v) is 14.4. The number of nitrogens with zero attached hydrogens (tertiary/aromatic N) is 4. The molecule has 0 bridgehead atoms. The molecule has 0 aliphatic carbocycles. The van der Waals surface area contributed by atoms with Gasteiger partial charge in [-0.3, -0.25) is 0 Å². The highest BCUT2D eigenvalue weighted by Gasteiger charge is 2.19. The third-order valence-electron chi connectivity index (χ3n) is 11.1. The predicted molar refractivity (Wildman–Crippen MR) is 236 cm³/mol. The Labute approximate surface area is 330 Å². The molecule has 0 saturated heterocycles. The minimum Gasteiger partial charge on any atom is -0.309 e. The first-order valence-corrected chi connectivity index (χ1v) is 19.3. The van der Waals surface area contributed by atoms with Crippen LogP contribution in [0.5, 0.6) is 0 Å². The normalized spacial score (nSPS) is 11.5. The minimum atomic E-state index is 0.638. The lowest BCUT2D eigenvalue weighted by Gasteiger charge is -2.15. The van der Waals surface area contributed by atoms with Crippen LogP contribution in [0.25, 0.3) is 105 Å². The monoisotopic (exact) mass is 726 g/mol. The zero-order valence-electron chi connectivity index (χ0n) is 30.9. The number of hydrogen-bond acceptors (Lipinski definition) is 3. The van der Waals surface area contributed by atoms with Crippen molar-refractivity contribution in [2.45, 2.75) is 0 Å². The fourth-order valence-corrected chi connectivity index (χ4v) is 8.44. The molecule has 9 aromatic carbocycles. The van der Waals surface area contributed by atoms with Gasteiger partial charge in [0.2, 0.25) is 0 Å². The van der Waals surface area contributed by atoms with E-state index in [1.165, 1.54) is 32.9 Å². The average Bonchev–Trinajstić information content (AvgIpc) is 3.62. The van der Waals surface area contributed by atoms with Crippen molar-refractivity contribution in [2.24, 2.45) is 0 Å². The first-order chi connectivity index (χ1) is 28.3. The van der Waals surface area contributed by atoms with E-state index in [1.807, 2.05) is 18.2 Å². The van der Waals surface area contributed by atoms with Gasteiger partial charge in [-0.2, -0.15) is 0 Å². The van der Waals surface area contributed by atoms with E-state index < -0.39 is 0 Å². The molecule has 57 heavy (non-hydrogen) atoms. The van der Waals surface area contributed by atoms with Gasteiger partial charge in [0, 0.05) is 33.2 Å². The largest absolute Gasteiger partial charge is 0.309 e. The highest BCUT2D eigenvalue weighted by molar-refractivity contribution is 6.12. The van der Waals surface area contributed by atoms with Crippen molar-refractivity contribution in [3.8, 4) is 62.1 Å². The van der Waals surface area contributed by atoms with Crippen molar-refractivity contribution in [1.82, 2.24) is 19.5 Å². The zero-order valence-corrected chi connectivity index (χ0v) is 30.9. The minimum absolute atomic E-state index is 0.638. The molecular formula is C53H34N4. The molecule has 0 spiro atoms. The quantitative estimate of drug-likeness (QED) is 0.171. The molecule has 0 unspecified atom stereocenters. The SMILES string of the molecule is c1ccc(-c2nc(-c3ccc(-c4ccccc4)c4ccccc34)nc(-c3ccc(-c4ccc5c(c4)c4ccccc4n5-c4ccccc4)c4ccccc34)n2)cc1. The highest BCUT2D eigenvalue weighted by Crippen LogP contribution is 2.40. The van der Waals surface area contributed by atoms with Gasteiger partial charge >= 0.3 is 0 Å². The fourth-order valence-electron chi connectivity index (χ4n) is 8.44. The molecule has 2 aromatic heterocycles. The summed E-state index contributed by atoms with van der Waals surface area (Å²) in [6, 6.07) is 72.8. The first-order valence-electron chi connectivity index (χ1n) is 19.3. The van der Waals surface area contributed by atoms with E-state index >= 15 is 0 Å². The molecule has 4 heteroatoms. The molecule has 0 aliphatic rings. The van der Waals surface area contributed by atoms with Crippen LogP contribution in [-0.2, 0) is 0 Å². The summed E-state index contributed by atoms with van der Waals surface area (Å²) in [7, 11) is 0. The summed E-state index contributed by atoms with van der Waals surface area (Å²) in [5.74, 6) is 1.92. The van der Waals surface area contributed by atoms with Gasteiger partial charge in [-0.1, -0.05) is 164 Å². The van der Waals surface area contributed by atoms with Gasteiger partial charge in [0.1, 0.15) is 0 Å². The summed E-state index contributed by atoms with van der Waals surface area (Å²) in [6.45, 7) is 0. The van der Waals surface area contributed by atoms with E-state index in [4.69, 9.17) is 15.0 Å². The Hall–Kier alpha value is -7.69. The number of fused-ring (bicyclic) bond motifs is 5. The second-order valence-electron chi connectivity index (χ2n) is 14.4. The van der Waals surface area contributed by atoms with Crippen LogP contribution in [0.1, 0.15) is 0 Å². The Morgan fingerprint density at radius 1 is 0.263 bits per heavy atom. The molecule has 2 heterocycles. The molecule has 11 aromatic rings. The Kier molecular flexibility index (Phi) is 7.78. The molecule has 0 N–H and O–H groups in total. The Bertz CT molecular complexity index is 3280. The van der Waals surface area contributed by atoms with Crippen molar-refractivity contribution >= 4 is 43.4 Å². The van der Waals surface area contributed by atoms with Crippen LogP contribution < -0.4 is 0 Å². The third kappa shape index (κ3) is 5.58. The fraction of sp³-hybridized carbons (Fsp3) is 0. The molecule has 11 rings (SSSR count). The van der Waals surface area contributed by atoms with Crippen molar-refractivity contribution < 1.29 is 0 Å². The summed E-state index contributed by atoms with van der Waals surface area (Å²) < 4.78 is 2.36. The molecule has 0 amide bonds. The van der Waals surface area contributed by atoms with Crippen molar-refractivity contribution in [2.75, 3.05) is 0 Å². The van der Waals surface area contributed by atoms with E-state index in [9.17, 15) is 0 Å². The van der Waals surface area contributed by atoms with E-state index in [0.717, 1.165) is 55.0 Å². The average molecular weight is 727 g/mol. The standard InChI is InChI=1S/C53H34N4/c1-4-16-35(17-5-1)39-29-31-46(43-24-12-10-22-41(39)43)52-54-51(36-18-6-2-7-19-36)55-53(56-52)47-32-30-40(42-23-11-13-25-44(42)47)37-28-33-50-48(34-37)45-26-14-15-27-49(45)57(50)38-20-8-3-9-21-38/h1-34H. The van der Waals surface area contributed by atoms with Crippen LogP contribution in [0.2, 0.25) is 0 Å². The summed E-state index contributed by atoms with van der Waals surface area (Å²) in [6.07, 6.45) is 0. The molecular weight excluding hydrogens is 693 g/mol. The number of hydrogen-bond donors (Lipinski definition) is 0. The molecule has 0 atom stereocenters. The number of para-hydroxylation sites is 2. The first kappa shape index (κ1) is 32.7. The Balaban J connectivity index is 1.09. The van der Waals surface area contributed by atoms with E-state index in [2.05, 4.69) is 193 Å². The van der Waals surface area contributed by atoms with Crippen LogP contribution >= 0.6 is 0 Å². The summed E-state index contributed by atoms with van der Waals surface area (Å²) >= 11 is 0. The van der Waals surface area contributed by atoms with Crippen molar-refractivity contribution in [3.05, 3.63) is 206 Å². The lowest BCUT2D eigenvalue weighted by Crippen LogP contribution is -2.01. The van der Waals surface area contributed by atoms with E-state index in [-0.39, 0.29) is 0 Å². The van der Waals surface area contributed by atoms with Gasteiger partial charge in [0.05, 0.1) is 11.0 Å². The van der Waals surface area contributed by atoms with Crippen LogP contribution in [-0.4, -0.2) is 19.5 Å². The smallest absolute Gasteiger partial charge is 0.164 e. The predicted octanol–water partition coefficient (Wildman–Crippen LogP) is 13.6. The maximum atomic E-state index is 5.29. The van der Waals surface area contributed by atoms with Gasteiger partial charge in [-0.15, -0.1) is 0 Å². The second kappa shape index (κ2) is 13.6. The van der Waals surface area contributed by atoms with Gasteiger partial charge in [0.15, 0.2) is 17.5 Å². The van der Waals surface area contributed by atoms with Gasteiger partial charge in [-0.25, -0.2) is 15.0 Å². The number of rotatable bonds is 6. The van der Waals surface area contributed by atoms with E-state index in [0.29, 0.717) is 17.5 Å². The topological polar surface area (TPSA) is 43.6 Å². The molecule has 0 aliphatic heterocycles. The lowest BCUT2D eigenvalue weighted by atomic mass is 9.93. The van der Waals surface area contributed by atoms with Crippen LogP contribution in [0.15, 0.2) is 206 Å². The summed E-state index contributed by atoms with van der Waals surface area (Å²) in [5.41, 5.74) is 11.1. The van der Waals surface area contributed by atoms with Crippen LogP contribution in [0.4, 0.5) is 0 Å². The van der Waals surface area contributed by atoms with Crippen LogP contribution in [0.3, 0.4) is 0 Å². The van der Waals surface area contributed by atoms with Gasteiger partial charge < -0.3 is 4.57 Å². The lowest BCUT2D eigenvalue weighted by molar-refractivity contribution is 1.08. The van der Waals surface area contributed by atoms with Gasteiger partial charge in [0.25, 0.3) is 0 Å². The van der Waals surface area contributed by atoms with Crippen molar-refractivity contribution in [3.63, 3.8) is 0 Å². The van der Waals surface area contributed by atoms with Crippen molar-refractivity contribution in [1.29, 1.82) is 0 Å². The molecule has 0 fully saturated rings. The molecule has 4 nitrogen and oxygen atoms in total. The molecule has 266 valence electrons. The maximum Gasteiger partial charge on any atom is 0.164 e. The summed E-state index contributed by atoms with van der Waals surface area (Å²) in [5, 5.41) is 6.93. The van der Waals surface area contributed by atoms with Crippen LogP contribution in [0, 0.1) is 0 Å². The van der Waals surface area contributed by atoms with E-state index in [1.54, 1.807) is 0 Å². The maximum absolute atomic E-state index is 5.29. The number of aromatic nitrogens is 4. The van der Waals surface area contributed by atoms with Gasteiger partial charge in [-0.05, 0) is 86.3 Å². The molecule has 0 radical (unpaired) electrons.